The van der Waals surface area contributed by atoms with Gasteiger partial charge in [0.2, 0.25) is 0 Å². The summed E-state index contributed by atoms with van der Waals surface area (Å²) in [6, 6.07) is 0.917. The molecule has 1 aliphatic rings. The van der Waals surface area contributed by atoms with Crippen LogP contribution in [0.2, 0.25) is 0 Å². The smallest absolute Gasteiger partial charge is 0.138 e. The van der Waals surface area contributed by atoms with E-state index in [9.17, 15) is 0 Å². The number of rotatable bonds is 7. The van der Waals surface area contributed by atoms with Crippen LogP contribution in [0.15, 0.2) is 6.33 Å². The molecule has 1 fully saturated rings. The fourth-order valence-corrected chi connectivity index (χ4v) is 4.23. The number of nitrogens with one attached hydrogen (secondary N) is 1. The molecule has 0 bridgehead atoms. The van der Waals surface area contributed by atoms with Gasteiger partial charge in [-0.05, 0) is 45.4 Å². The fourth-order valence-electron chi connectivity index (χ4n) is 2.80. The Morgan fingerprint density at radius 1 is 1.45 bits per heavy atom. The number of thioether (sulfide) groups is 1. The zero-order valence-electron chi connectivity index (χ0n) is 13.0. The van der Waals surface area contributed by atoms with E-state index < -0.39 is 0 Å². The van der Waals surface area contributed by atoms with Gasteiger partial charge in [0.15, 0.2) is 0 Å². The molecule has 0 saturated carbocycles. The highest BCUT2D eigenvalue weighted by molar-refractivity contribution is 8.00. The molecule has 2 rings (SSSR count). The third-order valence-corrected chi connectivity index (χ3v) is 5.38. The minimum atomic E-state index is 0.387. The van der Waals surface area contributed by atoms with Crippen molar-refractivity contribution >= 4 is 11.8 Å². The molecule has 0 aromatic carbocycles. The van der Waals surface area contributed by atoms with Crippen LogP contribution < -0.4 is 5.32 Å². The molecule has 0 radical (unpaired) electrons. The predicted octanol–water partition coefficient (Wildman–Crippen LogP) is 3.06. The Morgan fingerprint density at radius 2 is 2.30 bits per heavy atom. The average molecular weight is 296 g/mol. The third kappa shape index (κ3) is 4.22. The second kappa shape index (κ2) is 8.03. The Kier molecular flexibility index (Phi) is 6.36. The third-order valence-electron chi connectivity index (χ3n) is 3.86. The molecule has 1 aliphatic heterocycles. The SMILES string of the molecule is CCCNC(Cc1ncnn1C(C)C)C1CCCCS1. The van der Waals surface area contributed by atoms with Crippen molar-refractivity contribution in [3.63, 3.8) is 0 Å². The molecule has 0 aliphatic carbocycles. The maximum absolute atomic E-state index is 4.48. The monoisotopic (exact) mass is 296 g/mol. The molecule has 1 saturated heterocycles. The second-order valence-corrected chi connectivity index (χ2v) is 7.23. The van der Waals surface area contributed by atoms with Gasteiger partial charge >= 0.3 is 0 Å². The van der Waals surface area contributed by atoms with Crippen LogP contribution >= 0.6 is 11.8 Å². The molecule has 0 spiro atoms. The Balaban J connectivity index is 2.03. The van der Waals surface area contributed by atoms with Crippen molar-refractivity contribution in [2.24, 2.45) is 0 Å². The van der Waals surface area contributed by atoms with Gasteiger partial charge < -0.3 is 5.32 Å². The molecule has 0 amide bonds. The summed E-state index contributed by atoms with van der Waals surface area (Å²) in [6.45, 7) is 7.66. The van der Waals surface area contributed by atoms with Crippen molar-refractivity contribution in [2.75, 3.05) is 12.3 Å². The van der Waals surface area contributed by atoms with Crippen LogP contribution in [0.3, 0.4) is 0 Å². The van der Waals surface area contributed by atoms with Crippen molar-refractivity contribution in [3.8, 4) is 0 Å². The Hall–Kier alpha value is -0.550. The Morgan fingerprint density at radius 3 is 2.95 bits per heavy atom. The normalized spacial score (nSPS) is 21.3. The number of hydrogen-bond acceptors (Lipinski definition) is 4. The van der Waals surface area contributed by atoms with Gasteiger partial charge in [-0.1, -0.05) is 13.3 Å². The number of hydrogen-bond donors (Lipinski definition) is 1. The van der Waals surface area contributed by atoms with Gasteiger partial charge in [-0.15, -0.1) is 0 Å². The van der Waals surface area contributed by atoms with Crippen LogP contribution in [0.25, 0.3) is 0 Å². The lowest BCUT2D eigenvalue weighted by atomic mass is 10.0. The maximum atomic E-state index is 4.48. The van der Waals surface area contributed by atoms with Gasteiger partial charge in [-0.2, -0.15) is 16.9 Å². The van der Waals surface area contributed by atoms with Crippen LogP contribution in [-0.2, 0) is 6.42 Å². The van der Waals surface area contributed by atoms with Crippen molar-refractivity contribution in [1.82, 2.24) is 20.1 Å². The first-order chi connectivity index (χ1) is 9.72. The van der Waals surface area contributed by atoms with E-state index in [2.05, 4.69) is 52.6 Å². The van der Waals surface area contributed by atoms with E-state index >= 15 is 0 Å². The Labute approximate surface area is 127 Å². The van der Waals surface area contributed by atoms with E-state index in [0.29, 0.717) is 12.1 Å². The van der Waals surface area contributed by atoms with E-state index in [-0.39, 0.29) is 0 Å². The largest absolute Gasteiger partial charge is 0.312 e. The summed E-state index contributed by atoms with van der Waals surface area (Å²) >= 11 is 2.14. The highest BCUT2D eigenvalue weighted by atomic mass is 32.2. The predicted molar refractivity (Wildman–Crippen MR) is 86.3 cm³/mol. The van der Waals surface area contributed by atoms with Crippen LogP contribution in [0.4, 0.5) is 0 Å². The van der Waals surface area contributed by atoms with E-state index in [4.69, 9.17) is 0 Å². The molecule has 1 aromatic rings. The summed E-state index contributed by atoms with van der Waals surface area (Å²) in [6.07, 6.45) is 7.96. The summed E-state index contributed by atoms with van der Waals surface area (Å²) in [4.78, 5) is 4.48. The fraction of sp³-hybridized carbons (Fsp3) is 0.867. The van der Waals surface area contributed by atoms with E-state index in [1.807, 2.05) is 0 Å². The summed E-state index contributed by atoms with van der Waals surface area (Å²) in [5.41, 5.74) is 0. The lowest BCUT2D eigenvalue weighted by molar-refractivity contribution is 0.429. The summed E-state index contributed by atoms with van der Waals surface area (Å²) < 4.78 is 2.06. The first kappa shape index (κ1) is 15.8. The lowest BCUT2D eigenvalue weighted by Crippen LogP contribution is -2.42. The molecule has 114 valence electrons. The standard InChI is InChI=1S/C15H28N4S/c1-4-8-16-13(14-7-5-6-9-20-14)10-15-17-11-18-19(15)12(2)3/h11-14,16H,4-10H2,1-3H3. The van der Waals surface area contributed by atoms with Gasteiger partial charge in [-0.3, -0.25) is 0 Å². The van der Waals surface area contributed by atoms with Gasteiger partial charge in [0.1, 0.15) is 12.2 Å². The quantitative estimate of drug-likeness (QED) is 0.840. The summed E-state index contributed by atoms with van der Waals surface area (Å²) in [7, 11) is 0. The minimum absolute atomic E-state index is 0.387. The molecular weight excluding hydrogens is 268 g/mol. The number of aromatic nitrogens is 3. The average Bonchev–Trinajstić information content (AvgIpc) is 2.92. The zero-order valence-corrected chi connectivity index (χ0v) is 13.8. The van der Waals surface area contributed by atoms with Gasteiger partial charge in [-0.25, -0.2) is 9.67 Å². The molecule has 1 N–H and O–H groups in total. The van der Waals surface area contributed by atoms with Gasteiger partial charge in [0.25, 0.3) is 0 Å². The van der Waals surface area contributed by atoms with Crippen LogP contribution in [-0.4, -0.2) is 38.4 Å². The minimum Gasteiger partial charge on any atom is -0.312 e. The molecule has 20 heavy (non-hydrogen) atoms. The van der Waals surface area contributed by atoms with Crippen molar-refractivity contribution in [3.05, 3.63) is 12.2 Å². The molecule has 5 heteroatoms. The topological polar surface area (TPSA) is 42.7 Å². The molecular formula is C15H28N4S. The molecule has 2 heterocycles. The van der Waals surface area contributed by atoms with Crippen molar-refractivity contribution in [2.45, 2.75) is 70.2 Å². The highest BCUT2D eigenvalue weighted by Crippen LogP contribution is 2.29. The van der Waals surface area contributed by atoms with E-state index in [1.165, 1.54) is 31.4 Å². The first-order valence-corrected chi connectivity index (χ1v) is 9.00. The van der Waals surface area contributed by atoms with Gasteiger partial charge in [0.05, 0.1) is 0 Å². The molecule has 2 unspecified atom stereocenters. The molecule has 1 aromatic heterocycles. The summed E-state index contributed by atoms with van der Waals surface area (Å²) in [5, 5.41) is 8.84. The van der Waals surface area contributed by atoms with Crippen molar-refractivity contribution < 1.29 is 0 Å². The zero-order chi connectivity index (χ0) is 14.4. The van der Waals surface area contributed by atoms with Crippen LogP contribution in [0.1, 0.15) is 58.3 Å². The highest BCUT2D eigenvalue weighted by Gasteiger charge is 2.25. The molecule has 4 nitrogen and oxygen atoms in total. The van der Waals surface area contributed by atoms with Crippen LogP contribution in [0.5, 0.6) is 0 Å². The maximum Gasteiger partial charge on any atom is 0.138 e. The summed E-state index contributed by atoms with van der Waals surface area (Å²) in [5.74, 6) is 2.44. The van der Waals surface area contributed by atoms with E-state index in [0.717, 1.165) is 24.0 Å². The van der Waals surface area contributed by atoms with Crippen molar-refractivity contribution in [1.29, 1.82) is 0 Å². The van der Waals surface area contributed by atoms with Crippen LogP contribution in [0, 0.1) is 0 Å². The second-order valence-electron chi connectivity index (χ2n) is 5.88. The number of nitrogens with zero attached hydrogens (tertiary/aromatic N) is 3. The van der Waals surface area contributed by atoms with E-state index in [1.54, 1.807) is 6.33 Å². The van der Waals surface area contributed by atoms with Gasteiger partial charge in [0, 0.05) is 23.8 Å². The first-order valence-electron chi connectivity index (χ1n) is 7.95. The lowest BCUT2D eigenvalue weighted by Gasteiger charge is -2.30. The Bertz CT molecular complexity index is 385. The molecule has 2 atom stereocenters.